The molecule has 150 valence electrons. The number of rotatable bonds is 5. The fourth-order valence-corrected chi connectivity index (χ4v) is 4.70. The van der Waals surface area contributed by atoms with Gasteiger partial charge in [-0.25, -0.2) is 4.39 Å². The number of likely N-dealkylation sites (tertiary alicyclic amines) is 1. The van der Waals surface area contributed by atoms with E-state index < -0.39 is 11.7 Å². The number of fused-ring (bicyclic) bond motifs is 1. The highest BCUT2D eigenvalue weighted by molar-refractivity contribution is 5.26. The van der Waals surface area contributed by atoms with Crippen LogP contribution in [0.1, 0.15) is 29.5 Å². The predicted molar refractivity (Wildman–Crippen MR) is 100.0 cm³/mol. The lowest BCUT2D eigenvalue weighted by Gasteiger charge is -2.22. The topological polar surface area (TPSA) is 15.3 Å². The van der Waals surface area contributed by atoms with E-state index in [9.17, 15) is 17.6 Å². The summed E-state index contributed by atoms with van der Waals surface area (Å²) < 4.78 is 51.8. The van der Waals surface area contributed by atoms with Gasteiger partial charge in [-0.2, -0.15) is 13.2 Å². The van der Waals surface area contributed by atoms with Crippen LogP contribution in [0.4, 0.5) is 17.6 Å². The van der Waals surface area contributed by atoms with Crippen molar-refractivity contribution >= 4 is 0 Å². The van der Waals surface area contributed by atoms with Crippen molar-refractivity contribution in [2.75, 3.05) is 13.1 Å². The first-order valence-corrected chi connectivity index (χ1v) is 9.75. The number of hydrogen-bond acceptors (Lipinski definition) is 2. The molecule has 1 N–H and O–H groups in total. The van der Waals surface area contributed by atoms with Gasteiger partial charge in [0.25, 0.3) is 0 Å². The smallest absolute Gasteiger partial charge is 0.310 e. The van der Waals surface area contributed by atoms with Crippen LogP contribution in [-0.4, -0.2) is 24.0 Å². The van der Waals surface area contributed by atoms with E-state index >= 15 is 0 Å². The lowest BCUT2D eigenvalue weighted by atomic mass is 9.97. The molecule has 3 atom stereocenters. The van der Waals surface area contributed by atoms with Crippen molar-refractivity contribution in [1.82, 2.24) is 10.2 Å². The van der Waals surface area contributed by atoms with Crippen LogP contribution in [-0.2, 0) is 19.3 Å². The SMILES string of the molecule is Fc1ccc(CNC2CCC3CN(Cc4cccc(C(F)(F)F)c4)CC32)cc1. The van der Waals surface area contributed by atoms with Gasteiger partial charge in [-0.3, -0.25) is 4.90 Å². The van der Waals surface area contributed by atoms with Gasteiger partial charge in [-0.15, -0.1) is 0 Å². The van der Waals surface area contributed by atoms with Crippen LogP contribution in [0.15, 0.2) is 48.5 Å². The second kappa shape index (κ2) is 7.84. The largest absolute Gasteiger partial charge is 0.416 e. The number of benzene rings is 2. The van der Waals surface area contributed by atoms with Gasteiger partial charge in [0.15, 0.2) is 0 Å². The van der Waals surface area contributed by atoms with Crippen LogP contribution in [0.2, 0.25) is 0 Å². The molecular weight excluding hydrogens is 368 g/mol. The van der Waals surface area contributed by atoms with Crippen molar-refractivity contribution in [3.05, 3.63) is 71.0 Å². The zero-order chi connectivity index (χ0) is 19.7. The molecule has 2 aromatic rings. The second-order valence-electron chi connectivity index (χ2n) is 8.01. The Morgan fingerprint density at radius 3 is 2.50 bits per heavy atom. The molecule has 2 aromatic carbocycles. The summed E-state index contributed by atoms with van der Waals surface area (Å²) in [7, 11) is 0. The van der Waals surface area contributed by atoms with E-state index in [0.717, 1.165) is 37.6 Å². The molecule has 1 heterocycles. The van der Waals surface area contributed by atoms with Gasteiger partial charge in [0, 0.05) is 32.2 Å². The van der Waals surface area contributed by atoms with E-state index in [1.165, 1.54) is 24.3 Å². The first-order chi connectivity index (χ1) is 13.4. The maximum atomic E-state index is 13.0. The van der Waals surface area contributed by atoms with Gasteiger partial charge in [-0.1, -0.05) is 30.3 Å². The van der Waals surface area contributed by atoms with E-state index in [4.69, 9.17) is 0 Å². The maximum absolute atomic E-state index is 13.0. The second-order valence-corrected chi connectivity index (χ2v) is 8.01. The van der Waals surface area contributed by atoms with Gasteiger partial charge >= 0.3 is 6.18 Å². The molecule has 6 heteroatoms. The summed E-state index contributed by atoms with van der Waals surface area (Å²) >= 11 is 0. The molecule has 2 nitrogen and oxygen atoms in total. The van der Waals surface area contributed by atoms with Gasteiger partial charge in [-0.05, 0) is 54.0 Å². The fraction of sp³-hybridized carbons (Fsp3) is 0.455. The fourth-order valence-electron chi connectivity index (χ4n) is 4.70. The quantitative estimate of drug-likeness (QED) is 0.732. The Labute approximate surface area is 162 Å². The molecule has 1 aliphatic carbocycles. The highest BCUT2D eigenvalue weighted by Gasteiger charge is 2.42. The number of alkyl halides is 3. The first kappa shape index (κ1) is 19.4. The number of nitrogens with zero attached hydrogens (tertiary/aromatic N) is 1. The standard InChI is InChI=1S/C22H24F4N2/c23-19-7-4-15(5-8-19)11-27-21-9-6-17-13-28(14-20(17)21)12-16-2-1-3-18(10-16)22(24,25)26/h1-5,7-8,10,17,20-21,27H,6,9,11-14H2. The summed E-state index contributed by atoms with van der Waals surface area (Å²) in [6, 6.07) is 12.6. The Kier molecular flexibility index (Phi) is 5.43. The van der Waals surface area contributed by atoms with Gasteiger partial charge in [0.2, 0.25) is 0 Å². The van der Waals surface area contributed by atoms with Crippen LogP contribution in [0.3, 0.4) is 0 Å². The molecule has 1 saturated carbocycles. The molecule has 2 aliphatic rings. The lowest BCUT2D eigenvalue weighted by molar-refractivity contribution is -0.137. The molecule has 0 bridgehead atoms. The van der Waals surface area contributed by atoms with E-state index in [-0.39, 0.29) is 5.82 Å². The summed E-state index contributed by atoms with van der Waals surface area (Å²) in [5, 5.41) is 3.60. The zero-order valence-corrected chi connectivity index (χ0v) is 15.6. The van der Waals surface area contributed by atoms with Crippen molar-refractivity contribution < 1.29 is 17.6 Å². The normalized spacial score (nSPS) is 25.2. The predicted octanol–water partition coefficient (Wildman–Crippen LogP) is 4.84. The monoisotopic (exact) mass is 392 g/mol. The minimum absolute atomic E-state index is 0.231. The molecule has 0 radical (unpaired) electrons. The van der Waals surface area contributed by atoms with Crippen LogP contribution < -0.4 is 5.32 Å². The third kappa shape index (κ3) is 4.39. The zero-order valence-electron chi connectivity index (χ0n) is 15.6. The van der Waals surface area contributed by atoms with Gasteiger partial charge < -0.3 is 5.32 Å². The van der Waals surface area contributed by atoms with Gasteiger partial charge in [0.05, 0.1) is 5.56 Å². The molecule has 1 saturated heterocycles. The Morgan fingerprint density at radius 2 is 1.75 bits per heavy atom. The molecular formula is C22H24F4N2. The van der Waals surface area contributed by atoms with E-state index in [1.807, 2.05) is 0 Å². The van der Waals surface area contributed by atoms with Crippen molar-refractivity contribution in [1.29, 1.82) is 0 Å². The molecule has 0 aromatic heterocycles. The maximum Gasteiger partial charge on any atom is 0.416 e. The number of nitrogens with one attached hydrogen (secondary N) is 1. The average Bonchev–Trinajstić information content (AvgIpc) is 3.21. The average molecular weight is 392 g/mol. The Balaban J connectivity index is 1.34. The molecule has 1 aliphatic heterocycles. The van der Waals surface area contributed by atoms with Gasteiger partial charge in [0.1, 0.15) is 5.82 Å². The molecule has 3 unspecified atom stereocenters. The third-order valence-electron chi connectivity index (χ3n) is 6.07. The van der Waals surface area contributed by atoms with Crippen molar-refractivity contribution in [3.8, 4) is 0 Å². The van der Waals surface area contributed by atoms with Crippen LogP contribution in [0.5, 0.6) is 0 Å². The summed E-state index contributed by atoms with van der Waals surface area (Å²) in [4.78, 5) is 2.27. The van der Waals surface area contributed by atoms with Crippen molar-refractivity contribution in [3.63, 3.8) is 0 Å². The minimum Gasteiger partial charge on any atom is -0.310 e. The van der Waals surface area contributed by atoms with Crippen LogP contribution >= 0.6 is 0 Å². The molecule has 0 spiro atoms. The highest BCUT2D eigenvalue weighted by atomic mass is 19.4. The first-order valence-electron chi connectivity index (χ1n) is 9.75. The number of halogens is 4. The molecule has 28 heavy (non-hydrogen) atoms. The van der Waals surface area contributed by atoms with Crippen molar-refractivity contribution in [2.24, 2.45) is 11.8 Å². The third-order valence-corrected chi connectivity index (χ3v) is 6.07. The summed E-state index contributed by atoms with van der Waals surface area (Å²) in [5.41, 5.74) is 1.19. The molecule has 4 rings (SSSR count). The Bertz CT molecular complexity index is 803. The van der Waals surface area contributed by atoms with Crippen molar-refractivity contribution in [2.45, 2.75) is 38.1 Å². The highest BCUT2D eigenvalue weighted by Crippen LogP contribution is 2.39. The van der Waals surface area contributed by atoms with E-state index in [2.05, 4.69) is 10.2 Å². The summed E-state index contributed by atoms with van der Waals surface area (Å²) in [6.07, 6.45) is -2.04. The molecule has 2 fully saturated rings. The van der Waals surface area contributed by atoms with E-state index in [1.54, 1.807) is 18.2 Å². The minimum atomic E-state index is -4.30. The Hall–Kier alpha value is -1.92. The summed E-state index contributed by atoms with van der Waals surface area (Å²) in [6.45, 7) is 3.11. The molecule has 0 amide bonds. The summed E-state index contributed by atoms with van der Waals surface area (Å²) in [5.74, 6) is 0.883. The lowest BCUT2D eigenvalue weighted by Crippen LogP contribution is -2.35. The van der Waals surface area contributed by atoms with E-state index in [0.29, 0.717) is 36.5 Å². The Morgan fingerprint density at radius 1 is 0.964 bits per heavy atom. The van der Waals surface area contributed by atoms with Crippen LogP contribution in [0, 0.1) is 17.7 Å². The van der Waals surface area contributed by atoms with Crippen LogP contribution in [0.25, 0.3) is 0 Å². The number of hydrogen-bond donors (Lipinski definition) is 1.